The number of H-pyrrole nitrogens is 2. The molecule has 7 nitrogen and oxygen atoms in total. The number of nitrogens with zero attached hydrogens (tertiary/aromatic N) is 1. The molecule has 1 fully saturated rings. The fourth-order valence-electron chi connectivity index (χ4n) is 3.40. The Morgan fingerprint density at radius 3 is 2.92 bits per heavy atom. The number of aromatic amines is 2. The third kappa shape index (κ3) is 3.51. The van der Waals surface area contributed by atoms with Gasteiger partial charge in [0.15, 0.2) is 5.65 Å². The normalized spacial score (nSPS) is 21.3. The minimum Gasteiger partial charge on any atom is -0.378 e. The molecule has 0 bridgehead atoms. The van der Waals surface area contributed by atoms with Crippen LogP contribution in [0, 0.1) is 5.92 Å². The number of amides is 1. The van der Waals surface area contributed by atoms with Gasteiger partial charge in [-0.3, -0.25) is 9.78 Å². The number of imidazole rings is 1. The van der Waals surface area contributed by atoms with Gasteiger partial charge in [0.1, 0.15) is 5.69 Å². The smallest absolute Gasteiger partial charge is 0.325 e. The first-order valence-corrected chi connectivity index (χ1v) is 8.62. The van der Waals surface area contributed by atoms with E-state index in [0.29, 0.717) is 29.4 Å². The highest BCUT2D eigenvalue weighted by atomic mass is 16.5. The fourth-order valence-corrected chi connectivity index (χ4v) is 3.40. The van der Waals surface area contributed by atoms with Crippen LogP contribution >= 0.6 is 0 Å². The third-order valence-electron chi connectivity index (χ3n) is 4.83. The number of hydrogen-bond donors (Lipinski definition) is 3. The predicted molar refractivity (Wildman–Crippen MR) is 91.0 cm³/mol. The summed E-state index contributed by atoms with van der Waals surface area (Å²) in [5, 5.41) is 3.06. The van der Waals surface area contributed by atoms with Gasteiger partial charge >= 0.3 is 5.69 Å². The van der Waals surface area contributed by atoms with Gasteiger partial charge < -0.3 is 15.0 Å². The van der Waals surface area contributed by atoms with Crippen molar-refractivity contribution in [1.29, 1.82) is 0 Å². The molecule has 2 aromatic rings. The summed E-state index contributed by atoms with van der Waals surface area (Å²) in [5.74, 6) is 0.318. The zero-order valence-electron chi connectivity index (χ0n) is 14.1. The van der Waals surface area contributed by atoms with E-state index in [4.69, 9.17) is 4.74 Å². The molecular formula is C17H24N4O3. The van der Waals surface area contributed by atoms with Crippen molar-refractivity contribution in [2.45, 2.75) is 51.7 Å². The van der Waals surface area contributed by atoms with Gasteiger partial charge in [-0.05, 0) is 30.9 Å². The first kappa shape index (κ1) is 16.7. The number of fused-ring (bicyclic) bond motifs is 1. The van der Waals surface area contributed by atoms with Gasteiger partial charge in [-0.15, -0.1) is 0 Å². The van der Waals surface area contributed by atoms with E-state index in [1.54, 1.807) is 12.1 Å². The quantitative estimate of drug-likeness (QED) is 0.779. The number of carbonyl (C=O) groups is 1. The summed E-state index contributed by atoms with van der Waals surface area (Å²) < 4.78 is 5.89. The van der Waals surface area contributed by atoms with Gasteiger partial charge in [0, 0.05) is 12.6 Å². The molecule has 2 atom stereocenters. The van der Waals surface area contributed by atoms with Crippen LogP contribution in [-0.2, 0) is 4.74 Å². The summed E-state index contributed by atoms with van der Waals surface area (Å²) in [7, 11) is 0. The molecule has 0 radical (unpaired) electrons. The standard InChI is InChI=1S/C17H24N4O3/c1-3-10(4-2)14-9-11(7-8-24-14)18-16(22)13-6-5-12-15(19-13)21-17(23)20-12/h5-6,10-11,14H,3-4,7-9H2,1-2H3,(H,18,22)(H2,19,20,21,23)/t11-,14+/m0/s1. The second kappa shape index (κ2) is 7.17. The Labute approximate surface area is 140 Å². The summed E-state index contributed by atoms with van der Waals surface area (Å²) in [6, 6.07) is 3.41. The Hall–Kier alpha value is -2.15. The fraction of sp³-hybridized carbons (Fsp3) is 0.588. The highest BCUT2D eigenvalue weighted by Crippen LogP contribution is 2.25. The maximum atomic E-state index is 12.5. The van der Waals surface area contributed by atoms with Crippen LogP contribution in [0.15, 0.2) is 16.9 Å². The van der Waals surface area contributed by atoms with Crippen LogP contribution in [0.25, 0.3) is 11.2 Å². The monoisotopic (exact) mass is 332 g/mol. The van der Waals surface area contributed by atoms with Crippen LogP contribution < -0.4 is 11.0 Å². The highest BCUT2D eigenvalue weighted by Gasteiger charge is 2.28. The summed E-state index contributed by atoms with van der Waals surface area (Å²) in [6.45, 7) is 5.02. The number of pyridine rings is 1. The molecule has 3 N–H and O–H groups in total. The largest absolute Gasteiger partial charge is 0.378 e. The van der Waals surface area contributed by atoms with Crippen molar-refractivity contribution < 1.29 is 9.53 Å². The Morgan fingerprint density at radius 2 is 2.17 bits per heavy atom. The number of hydrogen-bond acceptors (Lipinski definition) is 4. The van der Waals surface area contributed by atoms with Crippen molar-refractivity contribution in [3.05, 3.63) is 28.3 Å². The molecule has 0 aromatic carbocycles. The number of rotatable bonds is 5. The molecule has 7 heteroatoms. The molecule has 1 saturated heterocycles. The van der Waals surface area contributed by atoms with E-state index in [9.17, 15) is 9.59 Å². The molecule has 1 aliphatic heterocycles. The van der Waals surface area contributed by atoms with Crippen LogP contribution in [0.1, 0.15) is 50.0 Å². The van der Waals surface area contributed by atoms with Crippen molar-refractivity contribution in [3.63, 3.8) is 0 Å². The van der Waals surface area contributed by atoms with Crippen LogP contribution in [0.2, 0.25) is 0 Å². The maximum Gasteiger partial charge on any atom is 0.325 e. The van der Waals surface area contributed by atoms with Crippen molar-refractivity contribution >= 4 is 17.1 Å². The Bertz CT molecular complexity index is 763. The molecular weight excluding hydrogens is 308 g/mol. The Kier molecular flexibility index (Phi) is 4.99. The first-order valence-electron chi connectivity index (χ1n) is 8.62. The van der Waals surface area contributed by atoms with Gasteiger partial charge in [0.25, 0.3) is 5.91 Å². The predicted octanol–water partition coefficient (Wildman–Crippen LogP) is 1.96. The van der Waals surface area contributed by atoms with E-state index in [0.717, 1.165) is 25.7 Å². The van der Waals surface area contributed by atoms with E-state index < -0.39 is 0 Å². The lowest BCUT2D eigenvalue weighted by Crippen LogP contribution is -2.44. The molecule has 0 spiro atoms. The molecule has 0 unspecified atom stereocenters. The molecule has 0 aliphatic carbocycles. The maximum absolute atomic E-state index is 12.5. The average molecular weight is 332 g/mol. The van der Waals surface area contributed by atoms with E-state index in [1.165, 1.54) is 0 Å². The Balaban J connectivity index is 1.67. The molecule has 24 heavy (non-hydrogen) atoms. The molecule has 1 aliphatic rings. The molecule has 3 rings (SSSR count). The van der Waals surface area contributed by atoms with Crippen LogP contribution in [-0.4, -0.2) is 39.6 Å². The topological polar surface area (TPSA) is 99.9 Å². The average Bonchev–Trinajstić information content (AvgIpc) is 2.95. The van der Waals surface area contributed by atoms with Gasteiger partial charge in [-0.2, -0.15) is 0 Å². The van der Waals surface area contributed by atoms with Gasteiger partial charge in [-0.25, -0.2) is 9.78 Å². The minimum atomic E-state index is -0.326. The van der Waals surface area contributed by atoms with E-state index in [2.05, 4.69) is 34.1 Å². The third-order valence-corrected chi connectivity index (χ3v) is 4.83. The number of nitrogens with one attached hydrogen (secondary N) is 3. The van der Waals surface area contributed by atoms with Crippen LogP contribution in [0.4, 0.5) is 0 Å². The number of carbonyl (C=O) groups excluding carboxylic acids is 1. The molecule has 2 aromatic heterocycles. The Morgan fingerprint density at radius 1 is 1.38 bits per heavy atom. The van der Waals surface area contributed by atoms with Gasteiger partial charge in [0.2, 0.25) is 0 Å². The molecule has 1 amide bonds. The number of ether oxygens (including phenoxy) is 1. The van der Waals surface area contributed by atoms with Gasteiger partial charge in [0.05, 0.1) is 11.6 Å². The SMILES string of the molecule is CCC(CC)[C@H]1C[C@@H](NC(=O)c2ccc3[nH]c(=O)[nH]c3n2)CCO1. The van der Waals surface area contributed by atoms with E-state index in [-0.39, 0.29) is 23.7 Å². The summed E-state index contributed by atoms with van der Waals surface area (Å²) in [5.41, 5.74) is 0.974. The molecule has 0 saturated carbocycles. The lowest BCUT2D eigenvalue weighted by Gasteiger charge is -2.34. The molecule has 130 valence electrons. The second-order valence-electron chi connectivity index (χ2n) is 6.35. The van der Waals surface area contributed by atoms with Crippen molar-refractivity contribution in [1.82, 2.24) is 20.3 Å². The zero-order chi connectivity index (χ0) is 17.1. The lowest BCUT2D eigenvalue weighted by atomic mass is 9.89. The lowest BCUT2D eigenvalue weighted by molar-refractivity contribution is -0.0337. The van der Waals surface area contributed by atoms with Crippen molar-refractivity contribution in [2.75, 3.05) is 6.61 Å². The van der Waals surface area contributed by atoms with Crippen LogP contribution in [0.5, 0.6) is 0 Å². The van der Waals surface area contributed by atoms with Crippen molar-refractivity contribution in [3.8, 4) is 0 Å². The zero-order valence-corrected chi connectivity index (χ0v) is 14.1. The highest BCUT2D eigenvalue weighted by molar-refractivity contribution is 5.94. The summed E-state index contributed by atoms with van der Waals surface area (Å²) >= 11 is 0. The summed E-state index contributed by atoms with van der Waals surface area (Å²) in [4.78, 5) is 33.1. The minimum absolute atomic E-state index is 0.0969. The number of aromatic nitrogens is 3. The molecule has 3 heterocycles. The van der Waals surface area contributed by atoms with Crippen molar-refractivity contribution in [2.24, 2.45) is 5.92 Å². The van der Waals surface area contributed by atoms with Gasteiger partial charge in [-0.1, -0.05) is 26.7 Å². The first-order chi connectivity index (χ1) is 11.6. The van der Waals surface area contributed by atoms with E-state index >= 15 is 0 Å². The summed E-state index contributed by atoms with van der Waals surface area (Å²) in [6.07, 6.45) is 4.02. The van der Waals surface area contributed by atoms with Crippen LogP contribution in [0.3, 0.4) is 0 Å². The second-order valence-corrected chi connectivity index (χ2v) is 6.35. The van der Waals surface area contributed by atoms with E-state index in [1.807, 2.05) is 0 Å².